The van der Waals surface area contributed by atoms with Crippen molar-refractivity contribution in [2.24, 2.45) is 0 Å². The van der Waals surface area contributed by atoms with E-state index in [1.165, 1.54) is 12.1 Å². The zero-order chi connectivity index (χ0) is 22.4. The van der Waals surface area contributed by atoms with E-state index in [2.05, 4.69) is 10.4 Å². The minimum atomic E-state index is -0.417. The molecular formula is C20H27N5O6. The first-order valence-electron chi connectivity index (χ1n) is 10.3. The van der Waals surface area contributed by atoms with Gasteiger partial charge in [-0.1, -0.05) is 6.07 Å². The number of aromatic nitrogens is 3. The summed E-state index contributed by atoms with van der Waals surface area (Å²) in [7, 11) is 0. The highest BCUT2D eigenvalue weighted by Crippen LogP contribution is 2.12. The number of nitrogens with one attached hydrogen (secondary N) is 1. The summed E-state index contributed by atoms with van der Waals surface area (Å²) in [4.78, 5) is 25.9. The van der Waals surface area contributed by atoms with Gasteiger partial charge in [-0.25, -0.2) is 4.73 Å². The quantitative estimate of drug-likeness (QED) is 0.338. The zero-order valence-electron chi connectivity index (χ0n) is 17.7. The van der Waals surface area contributed by atoms with Gasteiger partial charge in [-0.2, -0.15) is 0 Å². The molecule has 1 N–H and O–H groups in total. The van der Waals surface area contributed by atoms with Crippen molar-refractivity contribution >= 4 is 28.9 Å². The number of carbonyl (C=O) groups excluding carboxylic acids is 2. The minimum absolute atomic E-state index is 0.000561. The predicted octanol–water partition coefficient (Wildman–Crippen LogP) is 0.394. The molecule has 168 valence electrons. The number of benzene rings is 1. The maximum Gasteiger partial charge on any atom is 0.460 e. The van der Waals surface area contributed by atoms with Gasteiger partial charge in [-0.3, -0.25) is 19.8 Å². The molecule has 1 fully saturated rings. The molecule has 1 aromatic heterocycles. The molecule has 11 heteroatoms. The number of rotatable bonds is 9. The molecular weight excluding hydrogens is 406 g/mol. The lowest BCUT2D eigenvalue weighted by molar-refractivity contribution is -0.672. The van der Waals surface area contributed by atoms with Crippen molar-refractivity contribution < 1.29 is 28.6 Å². The fraction of sp³-hybridized carbons (Fsp3) is 0.550. The molecule has 31 heavy (non-hydrogen) atoms. The number of hydrogen-bond acceptors (Lipinski definition) is 9. The second-order valence-electron chi connectivity index (χ2n) is 7.67. The maximum atomic E-state index is 12.5. The number of nitrogens with zero attached hydrogens (tertiary/aromatic N) is 4. The van der Waals surface area contributed by atoms with Crippen LogP contribution in [0.4, 0.5) is 5.95 Å². The highest BCUT2D eigenvalue weighted by atomic mass is 16.5. The third-order valence-electron chi connectivity index (χ3n) is 4.77. The second-order valence-corrected chi connectivity index (χ2v) is 7.67. The van der Waals surface area contributed by atoms with Crippen molar-refractivity contribution in [1.29, 1.82) is 0 Å². The summed E-state index contributed by atoms with van der Waals surface area (Å²) >= 11 is 0. The average molecular weight is 433 g/mol. The Bertz CT molecular complexity index is 945. The van der Waals surface area contributed by atoms with Crippen LogP contribution in [0.1, 0.15) is 38.7 Å². The first-order chi connectivity index (χ1) is 14.8. The zero-order valence-corrected chi connectivity index (χ0v) is 17.7. The summed E-state index contributed by atoms with van der Waals surface area (Å²) < 4.78 is 10.8. The molecule has 11 nitrogen and oxygen atoms in total. The van der Waals surface area contributed by atoms with Crippen LogP contribution in [-0.4, -0.2) is 54.2 Å². The minimum Gasteiger partial charge on any atom is -0.739 e. The summed E-state index contributed by atoms with van der Waals surface area (Å²) in [6.45, 7) is 5.61. The van der Waals surface area contributed by atoms with Gasteiger partial charge in [0.15, 0.2) is 5.52 Å². The van der Waals surface area contributed by atoms with Crippen LogP contribution < -0.4 is 14.9 Å². The van der Waals surface area contributed by atoms with Crippen molar-refractivity contribution in [1.82, 2.24) is 10.00 Å². The Kier molecular flexibility index (Phi) is 7.40. The summed E-state index contributed by atoms with van der Waals surface area (Å²) in [5.74, 6) is -0.964. The van der Waals surface area contributed by atoms with Crippen LogP contribution in [-0.2, 0) is 25.7 Å². The molecule has 2 heterocycles. The fourth-order valence-corrected chi connectivity index (χ4v) is 3.32. The maximum absolute atomic E-state index is 12.5. The molecule has 0 unspecified atom stereocenters. The van der Waals surface area contributed by atoms with E-state index in [9.17, 15) is 20.0 Å². The lowest BCUT2D eigenvalue weighted by Crippen LogP contribution is -2.44. The van der Waals surface area contributed by atoms with Gasteiger partial charge in [0.05, 0.1) is 25.6 Å². The molecule has 3 rings (SSSR count). The van der Waals surface area contributed by atoms with E-state index in [4.69, 9.17) is 9.47 Å². The van der Waals surface area contributed by atoms with Gasteiger partial charge >= 0.3 is 17.9 Å². The summed E-state index contributed by atoms with van der Waals surface area (Å²) in [5, 5.41) is 31.2. The van der Waals surface area contributed by atoms with E-state index < -0.39 is 5.97 Å². The summed E-state index contributed by atoms with van der Waals surface area (Å²) in [6, 6.07) is 4.56. The largest absolute Gasteiger partial charge is 0.739 e. The normalized spacial score (nSPS) is 14.2. The number of carbonyl (C=O) groups is 2. The molecule has 0 atom stereocenters. The SMILES string of the molecule is CC(C)OC(=O)CCNc1n[n+]([O-])c2cc(COC(=O)CN3CCCC3)ccc2[n+]1[O-]. The molecule has 1 saturated heterocycles. The molecule has 1 aliphatic heterocycles. The molecule has 0 bridgehead atoms. The van der Waals surface area contributed by atoms with Crippen LogP contribution in [0.3, 0.4) is 0 Å². The van der Waals surface area contributed by atoms with Gasteiger partial charge in [0, 0.05) is 10.9 Å². The topological polar surface area (TPSA) is 135 Å². The Hall–Kier alpha value is -3.21. The van der Waals surface area contributed by atoms with Gasteiger partial charge < -0.3 is 19.9 Å². The average Bonchev–Trinajstić information content (AvgIpc) is 3.22. The van der Waals surface area contributed by atoms with E-state index >= 15 is 0 Å². The molecule has 0 radical (unpaired) electrons. The van der Waals surface area contributed by atoms with E-state index in [0.717, 1.165) is 25.9 Å². The Morgan fingerprint density at radius 3 is 2.65 bits per heavy atom. The Balaban J connectivity index is 1.62. The monoisotopic (exact) mass is 433 g/mol. The van der Waals surface area contributed by atoms with Crippen molar-refractivity contribution in [3.63, 3.8) is 0 Å². The van der Waals surface area contributed by atoms with Gasteiger partial charge in [-0.15, -0.1) is 0 Å². The van der Waals surface area contributed by atoms with Crippen molar-refractivity contribution in [3.8, 4) is 0 Å². The molecule has 1 aliphatic rings. The summed E-state index contributed by atoms with van der Waals surface area (Å²) in [5.41, 5.74) is 0.725. The molecule has 0 amide bonds. The van der Waals surface area contributed by atoms with Gasteiger partial charge in [0.1, 0.15) is 6.61 Å². The van der Waals surface area contributed by atoms with Crippen LogP contribution in [0.15, 0.2) is 18.2 Å². The van der Waals surface area contributed by atoms with Gasteiger partial charge in [0.25, 0.3) is 5.52 Å². The van der Waals surface area contributed by atoms with Gasteiger partial charge in [-0.05, 0) is 51.4 Å². The number of fused-ring (bicyclic) bond motifs is 1. The summed E-state index contributed by atoms with van der Waals surface area (Å²) in [6.07, 6.45) is 1.97. The van der Waals surface area contributed by atoms with E-state index in [1.807, 2.05) is 4.90 Å². The molecule has 0 aliphatic carbocycles. The molecule has 2 aromatic rings. The second kappa shape index (κ2) is 10.2. The van der Waals surface area contributed by atoms with Crippen LogP contribution in [0, 0.1) is 10.4 Å². The van der Waals surface area contributed by atoms with Gasteiger partial charge in [0.2, 0.25) is 5.10 Å². The Labute approximate surface area is 179 Å². The van der Waals surface area contributed by atoms with Crippen LogP contribution in [0.5, 0.6) is 0 Å². The first-order valence-corrected chi connectivity index (χ1v) is 10.3. The number of esters is 2. The highest BCUT2D eigenvalue weighted by Gasteiger charge is 2.21. The lowest BCUT2D eigenvalue weighted by Gasteiger charge is -2.14. The number of anilines is 1. The first kappa shape index (κ1) is 22.5. The van der Waals surface area contributed by atoms with E-state index in [-0.39, 0.29) is 55.2 Å². The van der Waals surface area contributed by atoms with Crippen molar-refractivity contribution in [3.05, 3.63) is 34.2 Å². The number of likely N-dealkylation sites (tertiary alicyclic amines) is 1. The smallest absolute Gasteiger partial charge is 0.460 e. The Morgan fingerprint density at radius 2 is 1.94 bits per heavy atom. The highest BCUT2D eigenvalue weighted by molar-refractivity contribution is 5.72. The van der Waals surface area contributed by atoms with Crippen molar-refractivity contribution in [2.75, 3.05) is 31.5 Å². The fourth-order valence-electron chi connectivity index (χ4n) is 3.32. The third kappa shape index (κ3) is 6.14. The predicted molar refractivity (Wildman–Crippen MR) is 109 cm³/mol. The van der Waals surface area contributed by atoms with Crippen LogP contribution >= 0.6 is 0 Å². The van der Waals surface area contributed by atoms with Crippen LogP contribution in [0.2, 0.25) is 0 Å². The molecule has 0 spiro atoms. The number of hydrogen-bond donors (Lipinski definition) is 1. The third-order valence-corrected chi connectivity index (χ3v) is 4.77. The number of ether oxygens (including phenoxy) is 2. The Morgan fingerprint density at radius 1 is 1.19 bits per heavy atom. The van der Waals surface area contributed by atoms with Crippen molar-refractivity contribution in [2.45, 2.75) is 45.8 Å². The standard InChI is InChI=1S/C20H27N5O6/c1-14(2)31-18(26)7-8-21-20-22-25(29)17-11-15(5-6-16(17)24(20)28)13-30-19(27)12-23-9-3-4-10-23/h5-6,11,14H,3-4,7-10,12-13H2,1-2H3,(H,21,22). The lowest BCUT2D eigenvalue weighted by atomic mass is 10.2. The van der Waals surface area contributed by atoms with E-state index in [1.54, 1.807) is 19.9 Å². The molecule has 1 aromatic carbocycles. The molecule has 0 saturated carbocycles. The van der Waals surface area contributed by atoms with E-state index in [0.29, 0.717) is 15.1 Å². The van der Waals surface area contributed by atoms with Crippen LogP contribution in [0.25, 0.3) is 11.0 Å².